The van der Waals surface area contributed by atoms with E-state index in [0.717, 1.165) is 6.07 Å². The van der Waals surface area contributed by atoms with Crippen molar-refractivity contribution in [2.75, 3.05) is 4.72 Å². The van der Waals surface area contributed by atoms with Crippen molar-refractivity contribution in [2.45, 2.75) is 11.1 Å². The largest absolute Gasteiger partial charge is 0.445 e. The van der Waals surface area contributed by atoms with Crippen molar-refractivity contribution in [3.63, 3.8) is 0 Å². The van der Waals surface area contributed by atoms with Gasteiger partial charge in [-0.1, -0.05) is 34.5 Å². The van der Waals surface area contributed by atoms with Crippen LogP contribution in [0.5, 0.6) is 0 Å². The average Bonchev–Trinajstić information content (AvgIpc) is 2.79. The van der Waals surface area contributed by atoms with Crippen LogP contribution in [-0.4, -0.2) is 18.6 Å². The third-order valence-electron chi connectivity index (χ3n) is 2.07. The molecular weight excluding hydrogens is 374 g/mol. The lowest BCUT2D eigenvalue weighted by Crippen LogP contribution is -2.13. The molecular formula is C9H4Cl2F3N3O2S2. The normalized spacial score (nSPS) is 12.4. The standard InChI is InChI=1S/C9H4Cl2F3N3O2S2/c10-4-1-2-5(11)6(3-4)21(18,19)17-8-16-15-7(20-8)9(12,13)14/h1-3H,(H,16,17). The second kappa shape index (κ2) is 5.59. The van der Waals surface area contributed by atoms with E-state index in [9.17, 15) is 21.6 Å². The molecule has 1 aromatic heterocycles. The Bertz CT molecular complexity index is 777. The molecule has 0 saturated carbocycles. The van der Waals surface area contributed by atoms with E-state index in [2.05, 4.69) is 10.2 Å². The van der Waals surface area contributed by atoms with Crippen molar-refractivity contribution < 1.29 is 21.6 Å². The molecule has 1 aromatic carbocycles. The predicted molar refractivity (Wildman–Crippen MR) is 72.2 cm³/mol. The molecule has 2 aromatic rings. The first-order chi connectivity index (χ1) is 9.59. The van der Waals surface area contributed by atoms with E-state index in [-0.39, 0.29) is 26.3 Å². The lowest BCUT2D eigenvalue weighted by molar-refractivity contribution is -0.138. The maximum atomic E-state index is 12.4. The molecule has 0 aliphatic rings. The third kappa shape index (κ3) is 3.76. The number of nitrogens with zero attached hydrogens (tertiary/aromatic N) is 2. The van der Waals surface area contributed by atoms with Crippen molar-refractivity contribution >= 4 is 49.7 Å². The highest BCUT2D eigenvalue weighted by atomic mass is 35.5. The fourth-order valence-electron chi connectivity index (χ4n) is 1.23. The van der Waals surface area contributed by atoms with E-state index in [4.69, 9.17) is 23.2 Å². The molecule has 0 radical (unpaired) electrons. The third-order valence-corrected chi connectivity index (χ3v) is 5.14. The summed E-state index contributed by atoms with van der Waals surface area (Å²) >= 11 is 11.5. The number of sulfonamides is 1. The minimum atomic E-state index is -4.70. The molecule has 5 nitrogen and oxygen atoms in total. The summed E-state index contributed by atoms with van der Waals surface area (Å²) in [6.07, 6.45) is -4.70. The molecule has 0 spiro atoms. The Hall–Kier alpha value is -1.10. The summed E-state index contributed by atoms with van der Waals surface area (Å²) in [5, 5.41) is 4.17. The van der Waals surface area contributed by atoms with Gasteiger partial charge in [0.2, 0.25) is 10.1 Å². The molecule has 1 N–H and O–H groups in total. The van der Waals surface area contributed by atoms with Crippen LogP contribution in [-0.2, 0) is 16.2 Å². The molecule has 0 bridgehead atoms. The number of hydrogen-bond acceptors (Lipinski definition) is 5. The first kappa shape index (κ1) is 16.3. The van der Waals surface area contributed by atoms with Crippen molar-refractivity contribution in [1.29, 1.82) is 0 Å². The summed E-state index contributed by atoms with van der Waals surface area (Å²) in [6.45, 7) is 0. The molecule has 0 aliphatic heterocycles. The van der Waals surface area contributed by atoms with E-state index in [0.29, 0.717) is 0 Å². The van der Waals surface area contributed by atoms with Crippen LogP contribution in [0.2, 0.25) is 10.0 Å². The quantitative estimate of drug-likeness (QED) is 0.885. The summed E-state index contributed by atoms with van der Waals surface area (Å²) in [5.41, 5.74) is 0. The number of alkyl halides is 3. The van der Waals surface area contributed by atoms with Crippen molar-refractivity contribution in [2.24, 2.45) is 0 Å². The SMILES string of the molecule is O=S(=O)(Nc1nnc(C(F)(F)F)s1)c1cc(Cl)ccc1Cl. The molecule has 0 fully saturated rings. The molecule has 0 atom stereocenters. The van der Waals surface area contributed by atoms with E-state index in [1.165, 1.54) is 12.1 Å². The smallest absolute Gasteiger partial charge is 0.253 e. The Morgan fingerprint density at radius 1 is 1.19 bits per heavy atom. The van der Waals surface area contributed by atoms with Gasteiger partial charge in [-0.2, -0.15) is 13.2 Å². The molecule has 1 heterocycles. The lowest BCUT2D eigenvalue weighted by Gasteiger charge is -2.06. The first-order valence-electron chi connectivity index (χ1n) is 4.98. The number of anilines is 1. The Morgan fingerprint density at radius 2 is 1.86 bits per heavy atom. The van der Waals surface area contributed by atoms with Gasteiger partial charge in [0, 0.05) is 5.02 Å². The Balaban J connectivity index is 2.34. The fourth-order valence-corrected chi connectivity index (χ4v) is 3.84. The maximum absolute atomic E-state index is 12.4. The summed E-state index contributed by atoms with van der Waals surface area (Å²) in [4.78, 5) is -0.375. The highest BCUT2D eigenvalue weighted by Crippen LogP contribution is 2.34. The van der Waals surface area contributed by atoms with Gasteiger partial charge in [-0.15, -0.1) is 10.2 Å². The fraction of sp³-hybridized carbons (Fsp3) is 0.111. The van der Waals surface area contributed by atoms with Gasteiger partial charge in [0.05, 0.1) is 5.02 Å². The van der Waals surface area contributed by atoms with Gasteiger partial charge in [-0.25, -0.2) is 8.42 Å². The van der Waals surface area contributed by atoms with Gasteiger partial charge in [0.15, 0.2) is 0 Å². The highest BCUT2D eigenvalue weighted by molar-refractivity contribution is 7.93. The topological polar surface area (TPSA) is 72.0 Å². The van der Waals surface area contributed by atoms with Crippen molar-refractivity contribution in [1.82, 2.24) is 10.2 Å². The second-order valence-corrected chi connectivity index (χ2v) is 7.06. The lowest BCUT2D eigenvalue weighted by atomic mass is 10.4. The summed E-state index contributed by atoms with van der Waals surface area (Å²) in [5.74, 6) is 0. The minimum absolute atomic E-state index is 0.0578. The van der Waals surface area contributed by atoms with Crippen LogP contribution < -0.4 is 4.72 Å². The Morgan fingerprint density at radius 3 is 2.43 bits per heavy atom. The molecule has 114 valence electrons. The van der Waals surface area contributed by atoms with E-state index >= 15 is 0 Å². The van der Waals surface area contributed by atoms with Crippen LogP contribution in [0.4, 0.5) is 18.3 Å². The van der Waals surface area contributed by atoms with Crippen LogP contribution in [0.15, 0.2) is 23.1 Å². The molecule has 2 rings (SSSR count). The van der Waals surface area contributed by atoms with Gasteiger partial charge in [-0.3, -0.25) is 4.72 Å². The monoisotopic (exact) mass is 377 g/mol. The van der Waals surface area contributed by atoms with Crippen LogP contribution in [0.3, 0.4) is 0 Å². The summed E-state index contributed by atoms with van der Waals surface area (Å²) < 4.78 is 63.0. The van der Waals surface area contributed by atoms with E-state index < -0.39 is 26.3 Å². The zero-order valence-electron chi connectivity index (χ0n) is 9.65. The number of halogens is 5. The molecule has 12 heteroatoms. The zero-order chi connectivity index (χ0) is 15.8. The number of nitrogens with one attached hydrogen (secondary N) is 1. The molecule has 0 saturated heterocycles. The number of rotatable bonds is 3. The molecule has 0 amide bonds. The number of aromatic nitrogens is 2. The summed E-state index contributed by atoms with van der Waals surface area (Å²) in [7, 11) is -4.22. The van der Waals surface area contributed by atoms with Crippen molar-refractivity contribution in [3.8, 4) is 0 Å². The van der Waals surface area contributed by atoms with Crippen molar-refractivity contribution in [3.05, 3.63) is 33.3 Å². The van der Waals surface area contributed by atoms with Gasteiger partial charge in [-0.05, 0) is 18.2 Å². The van der Waals surface area contributed by atoms with E-state index in [1.54, 1.807) is 0 Å². The molecule has 0 aliphatic carbocycles. The Labute approximate surface area is 130 Å². The number of benzene rings is 1. The minimum Gasteiger partial charge on any atom is -0.253 e. The molecule has 21 heavy (non-hydrogen) atoms. The Kier molecular flexibility index (Phi) is 4.34. The van der Waals surface area contributed by atoms with Gasteiger partial charge in [0.25, 0.3) is 10.0 Å². The average molecular weight is 378 g/mol. The first-order valence-corrected chi connectivity index (χ1v) is 8.04. The maximum Gasteiger partial charge on any atom is 0.445 e. The highest BCUT2D eigenvalue weighted by Gasteiger charge is 2.36. The van der Waals surface area contributed by atoms with Crippen LogP contribution in [0.1, 0.15) is 5.01 Å². The van der Waals surface area contributed by atoms with Gasteiger partial charge < -0.3 is 0 Å². The van der Waals surface area contributed by atoms with Crippen LogP contribution >= 0.6 is 34.5 Å². The van der Waals surface area contributed by atoms with Gasteiger partial charge >= 0.3 is 6.18 Å². The van der Waals surface area contributed by atoms with Gasteiger partial charge in [0.1, 0.15) is 4.90 Å². The van der Waals surface area contributed by atoms with Crippen LogP contribution in [0.25, 0.3) is 0 Å². The van der Waals surface area contributed by atoms with Crippen LogP contribution in [0, 0.1) is 0 Å². The molecule has 0 unspecified atom stereocenters. The van der Waals surface area contributed by atoms with E-state index in [1.807, 2.05) is 4.72 Å². The summed E-state index contributed by atoms with van der Waals surface area (Å²) in [6, 6.07) is 3.69. The zero-order valence-corrected chi connectivity index (χ0v) is 12.8. The second-order valence-electron chi connectivity index (χ2n) is 3.59. The predicted octanol–water partition coefficient (Wildman–Crippen LogP) is 3.66. The number of hydrogen-bond donors (Lipinski definition) is 1.